The average Bonchev–Trinajstić information content (AvgIpc) is 3.11. The van der Waals surface area contributed by atoms with Crippen molar-refractivity contribution < 1.29 is 28.9 Å². The molecule has 3 heterocycles. The van der Waals surface area contributed by atoms with Gasteiger partial charge in [-0.2, -0.15) is 0 Å². The Hall–Kier alpha value is -2.16. The highest BCUT2D eigenvalue weighted by Gasteiger charge is 2.46. The molecule has 30 heavy (non-hydrogen) atoms. The number of hydrogen-bond donors (Lipinski definition) is 2. The highest BCUT2D eigenvalue weighted by atomic mass is 16.6. The van der Waals surface area contributed by atoms with Crippen LogP contribution in [0, 0.1) is 5.92 Å². The number of amides is 2. The summed E-state index contributed by atoms with van der Waals surface area (Å²) in [6.45, 7) is 1.07. The van der Waals surface area contributed by atoms with Gasteiger partial charge < -0.3 is 29.5 Å². The highest BCUT2D eigenvalue weighted by molar-refractivity contribution is 5.92. The molecular weight excluding hydrogens is 388 g/mol. The molecular formula is C22H30N2O6. The maximum Gasteiger partial charge on any atom is 0.227 e. The second-order valence-corrected chi connectivity index (χ2v) is 8.52. The van der Waals surface area contributed by atoms with Crippen LogP contribution in [0.25, 0.3) is 0 Å². The molecule has 2 fully saturated rings. The minimum absolute atomic E-state index is 0.00537. The quantitative estimate of drug-likeness (QED) is 0.753. The van der Waals surface area contributed by atoms with Crippen molar-refractivity contribution in [1.82, 2.24) is 4.90 Å². The molecule has 1 aromatic carbocycles. The Morgan fingerprint density at radius 3 is 2.70 bits per heavy atom. The van der Waals surface area contributed by atoms with Crippen LogP contribution in [0.3, 0.4) is 0 Å². The molecule has 3 aliphatic rings. The topological polar surface area (TPSA) is 97.3 Å². The molecule has 0 bridgehead atoms. The van der Waals surface area contributed by atoms with Gasteiger partial charge in [0.2, 0.25) is 11.8 Å². The molecule has 2 amide bonds. The minimum Gasteiger partial charge on any atom is -0.487 e. The second kappa shape index (κ2) is 8.91. The zero-order valence-electron chi connectivity index (χ0n) is 17.5. The van der Waals surface area contributed by atoms with E-state index in [9.17, 15) is 14.7 Å². The summed E-state index contributed by atoms with van der Waals surface area (Å²) in [6, 6.07) is 5.67. The lowest BCUT2D eigenvalue weighted by atomic mass is 9.84. The molecule has 2 saturated heterocycles. The van der Waals surface area contributed by atoms with Crippen LogP contribution < -0.4 is 10.1 Å². The van der Waals surface area contributed by atoms with E-state index in [1.807, 2.05) is 18.2 Å². The third-order valence-electron chi connectivity index (χ3n) is 6.26. The predicted octanol–water partition coefficient (Wildman–Crippen LogP) is 1.52. The van der Waals surface area contributed by atoms with Crippen molar-refractivity contribution in [3.8, 4) is 5.75 Å². The number of benzene rings is 1. The highest BCUT2D eigenvalue weighted by Crippen LogP contribution is 2.47. The summed E-state index contributed by atoms with van der Waals surface area (Å²) in [5.74, 6) is 0.732. The fourth-order valence-electron chi connectivity index (χ4n) is 4.55. The van der Waals surface area contributed by atoms with E-state index in [2.05, 4.69) is 5.32 Å². The van der Waals surface area contributed by atoms with Crippen LogP contribution in [-0.2, 0) is 19.1 Å². The number of anilines is 1. The number of carbonyl (C=O) groups excluding carboxylic acids is 2. The zero-order valence-corrected chi connectivity index (χ0v) is 17.5. The fourth-order valence-corrected chi connectivity index (χ4v) is 4.55. The van der Waals surface area contributed by atoms with Crippen molar-refractivity contribution >= 4 is 17.5 Å². The largest absolute Gasteiger partial charge is 0.487 e. The summed E-state index contributed by atoms with van der Waals surface area (Å²) in [4.78, 5) is 26.3. The van der Waals surface area contributed by atoms with E-state index in [0.29, 0.717) is 19.6 Å². The number of nitrogens with one attached hydrogen (secondary N) is 1. The fraction of sp³-hybridized carbons (Fsp3) is 0.636. The minimum atomic E-state index is -0.489. The van der Waals surface area contributed by atoms with Crippen molar-refractivity contribution in [2.45, 2.75) is 49.9 Å². The maximum absolute atomic E-state index is 12.6. The van der Waals surface area contributed by atoms with Crippen LogP contribution >= 0.6 is 0 Å². The van der Waals surface area contributed by atoms with Gasteiger partial charge >= 0.3 is 0 Å². The molecule has 164 valence electrons. The van der Waals surface area contributed by atoms with Gasteiger partial charge in [0.15, 0.2) is 0 Å². The van der Waals surface area contributed by atoms with Crippen molar-refractivity contribution in [3.05, 3.63) is 23.8 Å². The molecule has 0 spiro atoms. The second-order valence-electron chi connectivity index (χ2n) is 8.52. The molecule has 3 aliphatic heterocycles. The Morgan fingerprint density at radius 2 is 2.00 bits per heavy atom. The SMILES string of the molecule is CN(C)C(=O)C[C@H]1C[C@H]2c3cc(NC(=O)C4CCOCC4)ccc3O[C@H]2[C@H](CO)O1. The number of aliphatic hydroxyl groups excluding tert-OH is 1. The third-order valence-corrected chi connectivity index (χ3v) is 6.26. The molecule has 0 unspecified atom stereocenters. The first-order valence-electron chi connectivity index (χ1n) is 10.6. The van der Waals surface area contributed by atoms with Gasteiger partial charge in [0.1, 0.15) is 18.0 Å². The standard InChI is InChI=1S/C22H30N2O6/c1-24(2)20(26)11-15-10-17-16-9-14(23-22(27)13-5-7-28-8-6-13)3-4-18(16)30-21(17)19(12-25)29-15/h3-4,9,13,15,17,19,21,25H,5-8,10-12H2,1-2H3,(H,23,27)/t15-,17+,19+,21-/m1/s1. The number of nitrogens with zero attached hydrogens (tertiary/aromatic N) is 1. The van der Waals surface area contributed by atoms with Crippen LogP contribution in [0.2, 0.25) is 0 Å². The number of rotatable bonds is 5. The molecule has 4 rings (SSSR count). The van der Waals surface area contributed by atoms with Gasteiger partial charge in [-0.3, -0.25) is 9.59 Å². The van der Waals surface area contributed by atoms with Crippen LogP contribution in [-0.4, -0.2) is 74.0 Å². The number of fused-ring (bicyclic) bond motifs is 3. The lowest BCUT2D eigenvalue weighted by Crippen LogP contribution is -2.47. The summed E-state index contributed by atoms with van der Waals surface area (Å²) < 4.78 is 17.4. The lowest BCUT2D eigenvalue weighted by Gasteiger charge is -2.37. The Labute approximate surface area is 176 Å². The summed E-state index contributed by atoms with van der Waals surface area (Å²) in [5, 5.41) is 12.9. The van der Waals surface area contributed by atoms with Crippen LogP contribution in [0.1, 0.15) is 37.2 Å². The van der Waals surface area contributed by atoms with E-state index < -0.39 is 6.10 Å². The molecule has 0 aromatic heterocycles. The van der Waals surface area contributed by atoms with Crippen molar-refractivity contribution in [2.75, 3.05) is 39.2 Å². The van der Waals surface area contributed by atoms with E-state index in [1.165, 1.54) is 0 Å². The number of aliphatic hydroxyl groups is 1. The molecule has 2 N–H and O–H groups in total. The van der Waals surface area contributed by atoms with Gasteiger partial charge in [0.25, 0.3) is 0 Å². The van der Waals surface area contributed by atoms with E-state index in [-0.39, 0.29) is 48.9 Å². The summed E-state index contributed by atoms with van der Waals surface area (Å²) >= 11 is 0. The Balaban J connectivity index is 1.49. The van der Waals surface area contributed by atoms with Gasteiger partial charge in [0, 0.05) is 50.4 Å². The Bertz CT molecular complexity index is 792. The van der Waals surface area contributed by atoms with Gasteiger partial charge in [-0.05, 0) is 37.5 Å². The van der Waals surface area contributed by atoms with Crippen LogP contribution in [0.4, 0.5) is 5.69 Å². The zero-order chi connectivity index (χ0) is 21.3. The Kier molecular flexibility index (Phi) is 6.26. The normalized spacial score (nSPS) is 28.2. The summed E-state index contributed by atoms with van der Waals surface area (Å²) in [7, 11) is 3.44. The van der Waals surface area contributed by atoms with Gasteiger partial charge in [-0.1, -0.05) is 0 Å². The van der Waals surface area contributed by atoms with Crippen LogP contribution in [0.15, 0.2) is 18.2 Å². The first kappa shape index (κ1) is 21.1. The first-order valence-corrected chi connectivity index (χ1v) is 10.6. The van der Waals surface area contributed by atoms with Gasteiger partial charge in [0.05, 0.1) is 19.1 Å². The monoisotopic (exact) mass is 418 g/mol. The third kappa shape index (κ3) is 4.31. The van der Waals surface area contributed by atoms with Gasteiger partial charge in [-0.15, -0.1) is 0 Å². The smallest absolute Gasteiger partial charge is 0.227 e. The molecule has 8 heteroatoms. The van der Waals surface area contributed by atoms with Crippen molar-refractivity contribution in [2.24, 2.45) is 5.92 Å². The molecule has 4 atom stereocenters. The number of hydrogen-bond acceptors (Lipinski definition) is 6. The average molecular weight is 418 g/mol. The predicted molar refractivity (Wildman–Crippen MR) is 109 cm³/mol. The molecule has 1 aromatic rings. The van der Waals surface area contributed by atoms with Gasteiger partial charge in [-0.25, -0.2) is 0 Å². The molecule has 0 saturated carbocycles. The van der Waals surface area contributed by atoms with E-state index in [1.54, 1.807) is 19.0 Å². The van der Waals surface area contributed by atoms with Crippen molar-refractivity contribution in [3.63, 3.8) is 0 Å². The summed E-state index contributed by atoms with van der Waals surface area (Å²) in [5.41, 5.74) is 1.73. The summed E-state index contributed by atoms with van der Waals surface area (Å²) in [6.07, 6.45) is 1.30. The van der Waals surface area contributed by atoms with Crippen LogP contribution in [0.5, 0.6) is 5.75 Å². The number of ether oxygens (including phenoxy) is 3. The molecule has 0 aliphatic carbocycles. The van der Waals surface area contributed by atoms with E-state index in [0.717, 1.165) is 29.8 Å². The maximum atomic E-state index is 12.6. The van der Waals surface area contributed by atoms with Crippen molar-refractivity contribution in [1.29, 1.82) is 0 Å². The Morgan fingerprint density at radius 1 is 1.23 bits per heavy atom. The first-order chi connectivity index (χ1) is 14.5. The van der Waals surface area contributed by atoms with E-state index >= 15 is 0 Å². The lowest BCUT2D eigenvalue weighted by molar-refractivity contribution is -0.147. The number of carbonyl (C=O) groups is 2. The van der Waals surface area contributed by atoms with E-state index in [4.69, 9.17) is 14.2 Å². The molecule has 0 radical (unpaired) electrons. The molecule has 8 nitrogen and oxygen atoms in total.